The standard InChI is InChI=1S/C13H19N5O2/c1-7(2)12-16-6-9(14)11(18-12)13(20)17-8-3-4-10(19)15-5-8/h6-8H,3-5,14H2,1-2H3,(H,15,19)(H,17,20). The molecule has 2 rings (SSSR count). The fraction of sp³-hybridized carbons (Fsp3) is 0.538. The monoisotopic (exact) mass is 277 g/mol. The SMILES string of the molecule is CC(C)c1ncc(N)c(C(=O)NC2CCC(=O)NC2)n1. The molecule has 0 radical (unpaired) electrons. The van der Waals surface area contributed by atoms with Crippen molar-refractivity contribution in [2.24, 2.45) is 0 Å². The number of piperidine rings is 1. The number of anilines is 1. The highest BCUT2D eigenvalue weighted by molar-refractivity contribution is 5.97. The summed E-state index contributed by atoms with van der Waals surface area (Å²) in [6.45, 7) is 4.33. The number of carbonyl (C=O) groups is 2. The molecule has 4 N–H and O–H groups in total. The van der Waals surface area contributed by atoms with Gasteiger partial charge in [0.05, 0.1) is 11.9 Å². The summed E-state index contributed by atoms with van der Waals surface area (Å²) >= 11 is 0. The lowest BCUT2D eigenvalue weighted by atomic mass is 10.1. The van der Waals surface area contributed by atoms with Crippen LogP contribution in [0.3, 0.4) is 0 Å². The van der Waals surface area contributed by atoms with Gasteiger partial charge in [0.25, 0.3) is 5.91 Å². The number of hydrogen-bond acceptors (Lipinski definition) is 5. The zero-order valence-electron chi connectivity index (χ0n) is 11.6. The van der Waals surface area contributed by atoms with Crippen LogP contribution in [0.15, 0.2) is 6.20 Å². The van der Waals surface area contributed by atoms with Crippen LogP contribution in [-0.4, -0.2) is 34.4 Å². The number of nitrogens with one attached hydrogen (secondary N) is 2. The van der Waals surface area contributed by atoms with Crippen LogP contribution in [0.5, 0.6) is 0 Å². The van der Waals surface area contributed by atoms with Crippen molar-refractivity contribution in [3.05, 3.63) is 17.7 Å². The van der Waals surface area contributed by atoms with Gasteiger partial charge in [-0.3, -0.25) is 9.59 Å². The molecular weight excluding hydrogens is 258 g/mol. The fourth-order valence-electron chi connectivity index (χ4n) is 1.97. The first-order valence-electron chi connectivity index (χ1n) is 6.67. The van der Waals surface area contributed by atoms with Gasteiger partial charge in [0.1, 0.15) is 5.82 Å². The maximum Gasteiger partial charge on any atom is 0.272 e. The van der Waals surface area contributed by atoms with E-state index >= 15 is 0 Å². The van der Waals surface area contributed by atoms with Crippen LogP contribution in [0.4, 0.5) is 5.69 Å². The lowest BCUT2D eigenvalue weighted by Gasteiger charge is -2.23. The highest BCUT2D eigenvalue weighted by Gasteiger charge is 2.22. The van der Waals surface area contributed by atoms with Gasteiger partial charge in [0, 0.05) is 24.9 Å². The van der Waals surface area contributed by atoms with E-state index in [1.54, 1.807) is 0 Å². The van der Waals surface area contributed by atoms with Crippen LogP contribution in [0.1, 0.15) is 48.9 Å². The van der Waals surface area contributed by atoms with E-state index in [0.29, 0.717) is 25.2 Å². The second-order valence-corrected chi connectivity index (χ2v) is 5.20. The van der Waals surface area contributed by atoms with Crippen molar-refractivity contribution in [3.8, 4) is 0 Å². The molecule has 0 spiro atoms. The maximum absolute atomic E-state index is 12.2. The summed E-state index contributed by atoms with van der Waals surface area (Å²) < 4.78 is 0. The average Bonchev–Trinajstić information content (AvgIpc) is 2.41. The molecule has 2 heterocycles. The van der Waals surface area contributed by atoms with E-state index in [1.807, 2.05) is 13.8 Å². The van der Waals surface area contributed by atoms with Gasteiger partial charge < -0.3 is 16.4 Å². The van der Waals surface area contributed by atoms with Gasteiger partial charge in [-0.25, -0.2) is 9.97 Å². The molecule has 108 valence electrons. The van der Waals surface area contributed by atoms with E-state index in [-0.39, 0.29) is 35.2 Å². The molecule has 7 heteroatoms. The lowest BCUT2D eigenvalue weighted by molar-refractivity contribution is -0.122. The molecule has 0 aromatic carbocycles. The first kappa shape index (κ1) is 14.2. The Hall–Kier alpha value is -2.18. The van der Waals surface area contributed by atoms with Crippen molar-refractivity contribution < 1.29 is 9.59 Å². The molecule has 0 aliphatic carbocycles. The summed E-state index contributed by atoms with van der Waals surface area (Å²) in [5.41, 5.74) is 6.21. The minimum atomic E-state index is -0.326. The van der Waals surface area contributed by atoms with E-state index in [1.165, 1.54) is 6.20 Å². The molecule has 1 aromatic heterocycles. The molecule has 0 saturated carbocycles. The Labute approximate surface area is 117 Å². The number of nitrogens with zero attached hydrogens (tertiary/aromatic N) is 2. The molecule has 1 fully saturated rings. The highest BCUT2D eigenvalue weighted by Crippen LogP contribution is 2.14. The van der Waals surface area contributed by atoms with Gasteiger partial charge in [0.2, 0.25) is 5.91 Å². The summed E-state index contributed by atoms with van der Waals surface area (Å²) in [6.07, 6.45) is 2.50. The second-order valence-electron chi connectivity index (χ2n) is 5.20. The molecule has 1 atom stereocenters. The van der Waals surface area contributed by atoms with Gasteiger partial charge in [-0.1, -0.05) is 13.8 Å². The van der Waals surface area contributed by atoms with Gasteiger partial charge >= 0.3 is 0 Å². The predicted molar refractivity (Wildman–Crippen MR) is 74.0 cm³/mol. The summed E-state index contributed by atoms with van der Waals surface area (Å²) in [5, 5.41) is 5.55. The predicted octanol–water partition coefficient (Wildman–Crippen LogP) is 0.191. The van der Waals surface area contributed by atoms with Crippen molar-refractivity contribution in [1.82, 2.24) is 20.6 Å². The van der Waals surface area contributed by atoms with E-state index in [0.717, 1.165) is 0 Å². The van der Waals surface area contributed by atoms with Gasteiger partial charge in [-0.2, -0.15) is 0 Å². The van der Waals surface area contributed by atoms with E-state index in [9.17, 15) is 9.59 Å². The van der Waals surface area contributed by atoms with Crippen molar-refractivity contribution >= 4 is 17.5 Å². The molecule has 7 nitrogen and oxygen atoms in total. The van der Waals surface area contributed by atoms with E-state index < -0.39 is 0 Å². The average molecular weight is 277 g/mol. The topological polar surface area (TPSA) is 110 Å². The molecule has 2 amide bonds. The Morgan fingerprint density at radius 1 is 1.55 bits per heavy atom. The fourth-order valence-corrected chi connectivity index (χ4v) is 1.97. The molecule has 1 unspecified atom stereocenters. The summed E-state index contributed by atoms with van der Waals surface area (Å²) in [7, 11) is 0. The number of aromatic nitrogens is 2. The van der Waals surface area contributed by atoms with Gasteiger partial charge in [0.15, 0.2) is 5.69 Å². The number of nitrogens with two attached hydrogens (primary N) is 1. The van der Waals surface area contributed by atoms with Crippen LogP contribution in [0, 0.1) is 0 Å². The third-order valence-corrected chi connectivity index (χ3v) is 3.17. The largest absolute Gasteiger partial charge is 0.396 e. The first-order chi connectivity index (χ1) is 9.47. The first-order valence-corrected chi connectivity index (χ1v) is 6.67. The quantitative estimate of drug-likeness (QED) is 0.730. The Morgan fingerprint density at radius 2 is 2.30 bits per heavy atom. The molecular formula is C13H19N5O2. The minimum Gasteiger partial charge on any atom is -0.396 e. The third kappa shape index (κ3) is 3.23. The van der Waals surface area contributed by atoms with Crippen molar-refractivity contribution in [2.75, 3.05) is 12.3 Å². The van der Waals surface area contributed by atoms with Crippen LogP contribution in [0.25, 0.3) is 0 Å². The van der Waals surface area contributed by atoms with Crippen molar-refractivity contribution in [1.29, 1.82) is 0 Å². The highest BCUT2D eigenvalue weighted by atomic mass is 16.2. The number of carbonyl (C=O) groups excluding carboxylic acids is 2. The summed E-state index contributed by atoms with van der Waals surface area (Å²) in [4.78, 5) is 31.6. The molecule has 20 heavy (non-hydrogen) atoms. The molecule has 1 saturated heterocycles. The summed E-state index contributed by atoms with van der Waals surface area (Å²) in [5.74, 6) is 0.393. The van der Waals surface area contributed by atoms with E-state index in [4.69, 9.17) is 5.73 Å². The summed E-state index contributed by atoms with van der Waals surface area (Å²) in [6, 6.07) is -0.0861. The van der Waals surface area contributed by atoms with Crippen molar-refractivity contribution in [3.63, 3.8) is 0 Å². The van der Waals surface area contributed by atoms with Crippen LogP contribution < -0.4 is 16.4 Å². The Balaban J connectivity index is 2.08. The van der Waals surface area contributed by atoms with Crippen molar-refractivity contribution in [2.45, 2.75) is 38.6 Å². The smallest absolute Gasteiger partial charge is 0.272 e. The molecule has 1 aliphatic rings. The maximum atomic E-state index is 12.2. The lowest BCUT2D eigenvalue weighted by Crippen LogP contribution is -2.48. The molecule has 1 aromatic rings. The zero-order valence-corrected chi connectivity index (χ0v) is 11.6. The third-order valence-electron chi connectivity index (χ3n) is 3.17. The number of rotatable bonds is 3. The van der Waals surface area contributed by atoms with Gasteiger partial charge in [-0.15, -0.1) is 0 Å². The van der Waals surface area contributed by atoms with Crippen LogP contribution in [-0.2, 0) is 4.79 Å². The Morgan fingerprint density at radius 3 is 2.90 bits per heavy atom. The number of hydrogen-bond donors (Lipinski definition) is 3. The Kier molecular flexibility index (Phi) is 4.16. The number of amides is 2. The second kappa shape index (κ2) is 5.85. The van der Waals surface area contributed by atoms with Crippen LogP contribution >= 0.6 is 0 Å². The normalized spacial score (nSPS) is 18.8. The van der Waals surface area contributed by atoms with Gasteiger partial charge in [-0.05, 0) is 6.42 Å². The minimum absolute atomic E-state index is 0.0131. The zero-order chi connectivity index (χ0) is 14.7. The Bertz CT molecular complexity index is 519. The number of nitrogen functional groups attached to an aromatic ring is 1. The molecule has 0 bridgehead atoms. The molecule has 1 aliphatic heterocycles. The van der Waals surface area contributed by atoms with E-state index in [2.05, 4.69) is 20.6 Å². The van der Waals surface area contributed by atoms with Crippen LogP contribution in [0.2, 0.25) is 0 Å².